The fourth-order valence-corrected chi connectivity index (χ4v) is 1.67. The van der Waals surface area contributed by atoms with Crippen LogP contribution in [-0.4, -0.2) is 10.9 Å². The van der Waals surface area contributed by atoms with Crippen molar-refractivity contribution in [1.82, 2.24) is 10.3 Å². The summed E-state index contributed by atoms with van der Waals surface area (Å²) in [5.74, 6) is -2.23. The molecular formula is C13H9BrF2N2O. The van der Waals surface area contributed by atoms with E-state index in [4.69, 9.17) is 0 Å². The molecule has 0 atom stereocenters. The van der Waals surface area contributed by atoms with Gasteiger partial charge in [0.2, 0.25) is 0 Å². The highest BCUT2D eigenvalue weighted by atomic mass is 79.9. The molecule has 1 aromatic carbocycles. The van der Waals surface area contributed by atoms with Crippen LogP contribution in [0.15, 0.2) is 41.0 Å². The van der Waals surface area contributed by atoms with Gasteiger partial charge < -0.3 is 5.32 Å². The highest BCUT2D eigenvalue weighted by molar-refractivity contribution is 9.10. The third kappa shape index (κ3) is 3.57. The zero-order chi connectivity index (χ0) is 13.8. The zero-order valence-corrected chi connectivity index (χ0v) is 11.2. The average molecular weight is 327 g/mol. The third-order valence-corrected chi connectivity index (χ3v) is 2.87. The van der Waals surface area contributed by atoms with Crippen LogP contribution in [0.2, 0.25) is 0 Å². The number of rotatable bonds is 3. The van der Waals surface area contributed by atoms with E-state index in [0.717, 1.165) is 16.6 Å². The van der Waals surface area contributed by atoms with Crippen molar-refractivity contribution in [2.45, 2.75) is 6.54 Å². The van der Waals surface area contributed by atoms with Crippen LogP contribution >= 0.6 is 15.9 Å². The van der Waals surface area contributed by atoms with Gasteiger partial charge in [-0.2, -0.15) is 0 Å². The molecule has 0 bridgehead atoms. The number of benzene rings is 1. The van der Waals surface area contributed by atoms with Crippen LogP contribution in [0.1, 0.15) is 16.1 Å². The van der Waals surface area contributed by atoms with E-state index in [0.29, 0.717) is 5.56 Å². The Hall–Kier alpha value is -1.82. The van der Waals surface area contributed by atoms with Crippen molar-refractivity contribution < 1.29 is 13.6 Å². The monoisotopic (exact) mass is 326 g/mol. The molecule has 0 saturated heterocycles. The van der Waals surface area contributed by atoms with Gasteiger partial charge in [-0.05, 0) is 45.8 Å². The molecule has 0 saturated carbocycles. The first-order valence-electron chi connectivity index (χ1n) is 5.40. The smallest absolute Gasteiger partial charge is 0.270 e. The number of nitrogens with zero attached hydrogens (tertiary/aromatic N) is 1. The van der Waals surface area contributed by atoms with E-state index < -0.39 is 11.6 Å². The van der Waals surface area contributed by atoms with Crippen molar-refractivity contribution in [3.8, 4) is 0 Å². The van der Waals surface area contributed by atoms with Crippen LogP contribution in [0, 0.1) is 11.6 Å². The van der Waals surface area contributed by atoms with E-state index in [2.05, 4.69) is 26.2 Å². The Morgan fingerprint density at radius 3 is 2.63 bits per heavy atom. The molecule has 0 radical (unpaired) electrons. The minimum absolute atomic E-state index is 0.105. The maximum Gasteiger partial charge on any atom is 0.270 e. The molecule has 0 aliphatic carbocycles. The molecule has 0 unspecified atom stereocenters. The van der Waals surface area contributed by atoms with Crippen molar-refractivity contribution in [3.05, 3.63) is 63.9 Å². The number of halogens is 3. The van der Waals surface area contributed by atoms with Crippen LogP contribution in [-0.2, 0) is 6.54 Å². The number of carbonyl (C=O) groups excluding carboxylic acids is 1. The zero-order valence-electron chi connectivity index (χ0n) is 9.66. The minimum Gasteiger partial charge on any atom is -0.347 e. The lowest BCUT2D eigenvalue weighted by Gasteiger charge is -2.05. The average Bonchev–Trinajstić information content (AvgIpc) is 2.40. The number of nitrogens with one attached hydrogen (secondary N) is 1. The molecule has 1 heterocycles. The Kier molecular flexibility index (Phi) is 4.21. The van der Waals surface area contributed by atoms with Crippen molar-refractivity contribution in [2.75, 3.05) is 0 Å². The Bertz CT molecular complexity index is 602. The molecule has 0 fully saturated rings. The van der Waals surface area contributed by atoms with Gasteiger partial charge in [-0.15, -0.1) is 0 Å². The number of hydrogen-bond donors (Lipinski definition) is 1. The molecule has 3 nitrogen and oxygen atoms in total. The summed E-state index contributed by atoms with van der Waals surface area (Å²) in [4.78, 5) is 15.7. The Morgan fingerprint density at radius 2 is 2.00 bits per heavy atom. The van der Waals surface area contributed by atoms with Crippen LogP contribution < -0.4 is 5.32 Å². The summed E-state index contributed by atoms with van der Waals surface area (Å²) < 4.78 is 26.5. The number of hydrogen-bond acceptors (Lipinski definition) is 2. The van der Waals surface area contributed by atoms with Gasteiger partial charge in [0.25, 0.3) is 5.91 Å². The van der Waals surface area contributed by atoms with Crippen molar-refractivity contribution in [3.63, 3.8) is 0 Å². The van der Waals surface area contributed by atoms with Gasteiger partial charge in [-0.1, -0.05) is 6.07 Å². The second-order valence-electron chi connectivity index (χ2n) is 3.79. The first-order valence-corrected chi connectivity index (χ1v) is 6.19. The topological polar surface area (TPSA) is 42.0 Å². The molecule has 1 amide bonds. The number of carbonyl (C=O) groups is 1. The van der Waals surface area contributed by atoms with Crippen LogP contribution in [0.3, 0.4) is 0 Å². The van der Waals surface area contributed by atoms with Gasteiger partial charge in [0.15, 0.2) is 11.6 Å². The quantitative estimate of drug-likeness (QED) is 0.941. The molecule has 0 aliphatic heterocycles. The number of amides is 1. The fourth-order valence-electron chi connectivity index (χ4n) is 1.43. The first-order chi connectivity index (χ1) is 9.06. The molecule has 6 heteroatoms. The van der Waals surface area contributed by atoms with E-state index >= 15 is 0 Å². The lowest BCUT2D eigenvalue weighted by atomic mass is 10.2. The highest BCUT2D eigenvalue weighted by Gasteiger charge is 2.07. The summed E-state index contributed by atoms with van der Waals surface area (Å²) in [6, 6.07) is 6.73. The molecule has 0 aliphatic rings. The van der Waals surface area contributed by atoms with E-state index in [1.54, 1.807) is 12.1 Å². The molecule has 98 valence electrons. The van der Waals surface area contributed by atoms with Gasteiger partial charge in [-0.25, -0.2) is 13.8 Å². The van der Waals surface area contributed by atoms with Gasteiger partial charge in [0.05, 0.1) is 0 Å². The second-order valence-corrected chi connectivity index (χ2v) is 4.71. The standard InChI is InChI=1S/C13H9BrF2N2O/c14-9-2-4-12(17-7-9)13(19)18-6-8-1-3-10(15)11(16)5-8/h1-5,7H,6H2,(H,18,19). The lowest BCUT2D eigenvalue weighted by molar-refractivity contribution is 0.0946. The maximum atomic E-state index is 13.0. The summed E-state index contributed by atoms with van der Waals surface area (Å²) in [7, 11) is 0. The predicted octanol–water partition coefficient (Wildman–Crippen LogP) is 3.05. The van der Waals surface area contributed by atoms with Gasteiger partial charge in [-0.3, -0.25) is 4.79 Å². The number of pyridine rings is 1. The van der Waals surface area contributed by atoms with Gasteiger partial charge >= 0.3 is 0 Å². The molecular weight excluding hydrogens is 318 g/mol. The van der Waals surface area contributed by atoms with Gasteiger partial charge in [0.1, 0.15) is 5.69 Å². The van der Waals surface area contributed by atoms with E-state index in [9.17, 15) is 13.6 Å². The molecule has 1 aromatic heterocycles. The van der Waals surface area contributed by atoms with Crippen LogP contribution in [0.4, 0.5) is 8.78 Å². The fraction of sp³-hybridized carbons (Fsp3) is 0.0769. The molecule has 2 aromatic rings. The highest BCUT2D eigenvalue weighted by Crippen LogP contribution is 2.09. The van der Waals surface area contributed by atoms with Crippen molar-refractivity contribution >= 4 is 21.8 Å². The molecule has 1 N–H and O–H groups in total. The maximum absolute atomic E-state index is 13.0. The lowest BCUT2D eigenvalue weighted by Crippen LogP contribution is -2.23. The third-order valence-electron chi connectivity index (χ3n) is 2.40. The number of aromatic nitrogens is 1. The minimum atomic E-state index is -0.937. The Morgan fingerprint density at radius 1 is 1.21 bits per heavy atom. The summed E-state index contributed by atoms with van der Waals surface area (Å²) >= 11 is 3.21. The summed E-state index contributed by atoms with van der Waals surface area (Å²) in [5.41, 5.74) is 0.732. The van der Waals surface area contributed by atoms with Crippen molar-refractivity contribution in [1.29, 1.82) is 0 Å². The van der Waals surface area contributed by atoms with Crippen LogP contribution in [0.25, 0.3) is 0 Å². The van der Waals surface area contributed by atoms with Crippen molar-refractivity contribution in [2.24, 2.45) is 0 Å². The largest absolute Gasteiger partial charge is 0.347 e. The van der Waals surface area contributed by atoms with Crippen LogP contribution in [0.5, 0.6) is 0 Å². The van der Waals surface area contributed by atoms with E-state index in [1.807, 2.05) is 0 Å². The SMILES string of the molecule is O=C(NCc1ccc(F)c(F)c1)c1ccc(Br)cn1. The normalized spacial score (nSPS) is 10.3. The summed E-state index contributed by atoms with van der Waals surface area (Å²) in [5, 5.41) is 2.58. The summed E-state index contributed by atoms with van der Waals surface area (Å²) in [6.07, 6.45) is 1.51. The molecule has 2 rings (SSSR count). The van der Waals surface area contributed by atoms with Gasteiger partial charge in [0, 0.05) is 17.2 Å². The predicted molar refractivity (Wildman–Crippen MR) is 69.5 cm³/mol. The Labute approximate surface area is 116 Å². The second kappa shape index (κ2) is 5.88. The van der Waals surface area contributed by atoms with E-state index in [-0.39, 0.29) is 18.1 Å². The first kappa shape index (κ1) is 13.6. The molecule has 0 spiro atoms. The Balaban J connectivity index is 2.00. The molecule has 19 heavy (non-hydrogen) atoms. The van der Waals surface area contributed by atoms with E-state index in [1.165, 1.54) is 12.3 Å². The summed E-state index contributed by atoms with van der Waals surface area (Å²) in [6.45, 7) is 0.105.